The molecular weight excluding hydrogens is 1060 g/mol. The molecule has 3 N–H and O–H groups in total. The molecule has 84 heavy (non-hydrogen) atoms. The normalized spacial score (nSPS) is 24.6. The molecule has 13 rings (SSSR count). The number of carboxylic acids is 3. The molecule has 0 aliphatic heterocycles. The molecule has 4 fully saturated rings. The average molecular weight is 1130 g/mol. The average Bonchev–Trinajstić information content (AvgIpc) is 1.53. The highest BCUT2D eigenvalue weighted by atomic mass is 19.1. The molecular formula is C74H72F4O6. The van der Waals surface area contributed by atoms with E-state index in [4.69, 9.17) is 0 Å². The van der Waals surface area contributed by atoms with Gasteiger partial charge in [-0.1, -0.05) is 108 Å². The minimum Gasteiger partial charge on any atom is -0.478 e. The third-order valence-corrected chi connectivity index (χ3v) is 22.1. The maximum atomic E-state index is 19.0. The van der Waals surface area contributed by atoms with Gasteiger partial charge in [-0.3, -0.25) is 0 Å². The van der Waals surface area contributed by atoms with E-state index in [1.54, 1.807) is 42.5 Å². The Morgan fingerprint density at radius 3 is 1.54 bits per heavy atom. The number of alkyl halides is 2. The predicted octanol–water partition coefficient (Wildman–Crippen LogP) is 18.3. The molecule has 6 aromatic carbocycles. The third-order valence-electron chi connectivity index (χ3n) is 22.1. The summed E-state index contributed by atoms with van der Waals surface area (Å²) in [6.07, 6.45) is 8.12. The van der Waals surface area contributed by atoms with E-state index in [2.05, 4.69) is 59.9 Å². The van der Waals surface area contributed by atoms with E-state index in [9.17, 15) is 29.7 Å². The van der Waals surface area contributed by atoms with Gasteiger partial charge in [-0.2, -0.15) is 0 Å². The number of fused-ring (bicyclic) bond motifs is 7. The van der Waals surface area contributed by atoms with Crippen LogP contribution in [0.25, 0.3) is 16.7 Å². The van der Waals surface area contributed by atoms with Crippen molar-refractivity contribution in [3.63, 3.8) is 0 Å². The van der Waals surface area contributed by atoms with Crippen molar-refractivity contribution in [2.45, 2.75) is 170 Å². The molecule has 0 saturated heterocycles. The van der Waals surface area contributed by atoms with Crippen molar-refractivity contribution in [3.05, 3.63) is 228 Å². The molecule has 10 heteroatoms. The van der Waals surface area contributed by atoms with Crippen LogP contribution >= 0.6 is 0 Å². The molecule has 0 heterocycles. The van der Waals surface area contributed by atoms with Gasteiger partial charge in [0.15, 0.2) is 0 Å². The van der Waals surface area contributed by atoms with E-state index in [0.717, 1.165) is 110 Å². The van der Waals surface area contributed by atoms with Gasteiger partial charge in [0, 0.05) is 23.0 Å². The standard InChI is InChI=1S/C74H72F4O6/c1-39-33-54-53(34-50(39)40(2)43-9-15-46(16-10-43)66(79)80)69(5,6)23-31-73(54)37-57(73)58-38-74(58)32-24-70(7,8)55-36-52(60(64(77)63(55)74)41(3)44-11-17-47(18-12-44)67(81)82)59(76)22-21-49(45-13-19-48(20-14-45)68(83)84)61-51(42(4)75)35-56-62(65(61)78)72(29-30-72)28-27-71(56)25-26-71/h9-21,33-36,42,57-59H,2-3,22-32,37-38H2,1,4-8H3,(H,79,80)(H,81,82)(H,83,84)/b49-21+. The molecule has 6 atom stereocenters. The first-order valence-corrected chi connectivity index (χ1v) is 30.1. The molecule has 0 amide bonds. The summed E-state index contributed by atoms with van der Waals surface area (Å²) in [4.78, 5) is 35.8. The summed E-state index contributed by atoms with van der Waals surface area (Å²) in [5, 5.41) is 29.3. The van der Waals surface area contributed by atoms with E-state index in [1.807, 2.05) is 24.3 Å². The lowest BCUT2D eigenvalue weighted by Crippen LogP contribution is -2.34. The van der Waals surface area contributed by atoms with Gasteiger partial charge in [-0.25, -0.2) is 31.9 Å². The van der Waals surface area contributed by atoms with E-state index >= 15 is 17.6 Å². The number of carboxylic acid groups (broad SMARTS) is 3. The van der Waals surface area contributed by atoms with Crippen molar-refractivity contribution in [2.75, 3.05) is 0 Å². The Labute approximate surface area is 489 Å². The zero-order chi connectivity index (χ0) is 59.5. The lowest BCUT2D eigenvalue weighted by Gasteiger charge is -2.41. The molecule has 7 aliphatic rings. The summed E-state index contributed by atoms with van der Waals surface area (Å²) in [6, 6.07) is 27.1. The van der Waals surface area contributed by atoms with Gasteiger partial charge in [-0.05, 0) is 255 Å². The van der Waals surface area contributed by atoms with Crippen LogP contribution in [-0.4, -0.2) is 33.2 Å². The topological polar surface area (TPSA) is 112 Å². The fourth-order valence-electron chi connectivity index (χ4n) is 16.4. The van der Waals surface area contributed by atoms with E-state index in [-0.39, 0.29) is 90.0 Å². The molecule has 6 aromatic rings. The van der Waals surface area contributed by atoms with E-state index in [1.165, 1.54) is 42.3 Å². The molecule has 7 aliphatic carbocycles. The van der Waals surface area contributed by atoms with Crippen LogP contribution < -0.4 is 0 Å². The Hall–Kier alpha value is -7.33. The summed E-state index contributed by atoms with van der Waals surface area (Å²) >= 11 is 0. The van der Waals surface area contributed by atoms with Crippen molar-refractivity contribution < 1.29 is 47.3 Å². The van der Waals surface area contributed by atoms with E-state index in [0.29, 0.717) is 22.3 Å². The summed E-state index contributed by atoms with van der Waals surface area (Å²) in [7, 11) is 0. The van der Waals surface area contributed by atoms with Gasteiger partial charge in [-0.15, -0.1) is 0 Å². The zero-order valence-corrected chi connectivity index (χ0v) is 48.8. The number of carbonyl (C=O) groups is 3. The van der Waals surface area contributed by atoms with Crippen LogP contribution in [-0.2, 0) is 32.5 Å². The van der Waals surface area contributed by atoms with Gasteiger partial charge < -0.3 is 15.3 Å². The number of halogens is 4. The molecule has 4 saturated carbocycles. The lowest BCUT2D eigenvalue weighted by molar-refractivity contribution is 0.0686. The maximum Gasteiger partial charge on any atom is 0.335 e. The lowest BCUT2D eigenvalue weighted by atomic mass is 9.63. The highest BCUT2D eigenvalue weighted by Crippen LogP contribution is 2.77. The highest BCUT2D eigenvalue weighted by molar-refractivity contribution is 5.91. The predicted molar refractivity (Wildman–Crippen MR) is 321 cm³/mol. The first-order chi connectivity index (χ1) is 39.8. The van der Waals surface area contributed by atoms with Crippen LogP contribution in [0.1, 0.15) is 245 Å². The summed E-state index contributed by atoms with van der Waals surface area (Å²) in [6.45, 7) is 21.2. The first kappa shape index (κ1) is 55.8. The Bertz CT molecular complexity index is 3890. The Kier molecular flexibility index (Phi) is 12.7. The molecule has 4 spiro atoms. The van der Waals surface area contributed by atoms with Gasteiger partial charge in [0.25, 0.3) is 0 Å². The van der Waals surface area contributed by atoms with Crippen molar-refractivity contribution in [1.29, 1.82) is 0 Å². The second kappa shape index (κ2) is 19.1. The van der Waals surface area contributed by atoms with Crippen molar-refractivity contribution in [3.8, 4) is 0 Å². The molecule has 6 nitrogen and oxygen atoms in total. The number of aromatic carboxylic acids is 3. The first-order valence-electron chi connectivity index (χ1n) is 30.1. The van der Waals surface area contributed by atoms with Crippen LogP contribution in [0, 0.1) is 30.4 Å². The fourth-order valence-corrected chi connectivity index (χ4v) is 16.4. The van der Waals surface area contributed by atoms with Crippen molar-refractivity contribution in [2.24, 2.45) is 11.8 Å². The van der Waals surface area contributed by atoms with Crippen molar-refractivity contribution in [1.82, 2.24) is 0 Å². The van der Waals surface area contributed by atoms with Gasteiger partial charge in [0.05, 0.1) is 16.7 Å². The number of hydrogen-bond acceptors (Lipinski definition) is 3. The SMILES string of the molecule is C=C(c1ccc(C(=O)O)cc1)c1cc2c(cc1C)C1(CCC2(C)C)CC1C1CC12CCC(C)(C)c1cc(C(F)C/C=C(\c3ccc(C(=O)O)cc3)c3c(C(C)F)cc4c(c3F)C3(CCC45CC5)CC3)c(C(=C)c3ccc(C(=O)O)cc3)c(F)c12. The minimum absolute atomic E-state index is 0.00175. The fraction of sp³-hybridized carbons (Fsp3) is 0.392. The number of aryl methyl sites for hydroxylation is 1. The van der Waals surface area contributed by atoms with E-state index < -0.39 is 52.7 Å². The highest BCUT2D eigenvalue weighted by Gasteiger charge is 2.72. The van der Waals surface area contributed by atoms with Crippen LogP contribution in [0.3, 0.4) is 0 Å². The summed E-state index contributed by atoms with van der Waals surface area (Å²) in [5.41, 5.74) is 9.13. The Morgan fingerprint density at radius 1 is 0.536 bits per heavy atom. The van der Waals surface area contributed by atoms with Crippen LogP contribution in [0.4, 0.5) is 17.6 Å². The number of allylic oxidation sites excluding steroid dienone is 1. The number of benzene rings is 6. The third kappa shape index (κ3) is 8.63. The van der Waals surface area contributed by atoms with Gasteiger partial charge in [0.1, 0.15) is 24.0 Å². The molecule has 6 unspecified atom stereocenters. The van der Waals surface area contributed by atoms with Crippen LogP contribution in [0.2, 0.25) is 0 Å². The Morgan fingerprint density at radius 2 is 0.988 bits per heavy atom. The summed E-state index contributed by atoms with van der Waals surface area (Å²) in [5.74, 6) is -3.90. The minimum atomic E-state index is -1.90. The summed E-state index contributed by atoms with van der Waals surface area (Å²) < 4.78 is 71.8. The largest absolute Gasteiger partial charge is 0.478 e. The smallest absolute Gasteiger partial charge is 0.335 e. The van der Waals surface area contributed by atoms with Gasteiger partial charge >= 0.3 is 17.9 Å². The zero-order valence-electron chi connectivity index (χ0n) is 48.8. The second-order valence-corrected chi connectivity index (χ2v) is 27.7. The second-order valence-electron chi connectivity index (χ2n) is 27.7. The van der Waals surface area contributed by atoms with Crippen LogP contribution in [0.15, 0.2) is 116 Å². The van der Waals surface area contributed by atoms with Crippen molar-refractivity contribution >= 4 is 34.6 Å². The number of hydrogen-bond donors (Lipinski definition) is 3. The molecule has 0 bridgehead atoms. The van der Waals surface area contributed by atoms with Crippen LogP contribution in [0.5, 0.6) is 0 Å². The maximum absolute atomic E-state index is 19.0. The molecule has 432 valence electrons. The monoisotopic (exact) mass is 1130 g/mol. The Balaban J connectivity index is 0.913. The van der Waals surface area contributed by atoms with Gasteiger partial charge in [0.2, 0.25) is 0 Å². The molecule has 0 aromatic heterocycles. The quantitative estimate of drug-likeness (QED) is 0.0937. The number of rotatable bonds is 14. The molecule has 0 radical (unpaired) electrons.